The van der Waals surface area contributed by atoms with Crippen LogP contribution in [-0.4, -0.2) is 17.7 Å². The summed E-state index contributed by atoms with van der Waals surface area (Å²) in [5, 5.41) is 21.3. The van der Waals surface area contributed by atoms with Gasteiger partial charge in [-0.25, -0.2) is 5.48 Å². The zero-order valence-electron chi connectivity index (χ0n) is 23.9. The van der Waals surface area contributed by atoms with Crippen molar-refractivity contribution in [2.75, 3.05) is 6.54 Å². The maximum Gasteiger partial charge on any atom is 0.243 e. The predicted molar refractivity (Wildman–Crippen MR) is 163 cm³/mol. The molecule has 0 unspecified atom stereocenters. The Hall–Kier alpha value is -4.64. The van der Waals surface area contributed by atoms with Crippen molar-refractivity contribution in [3.8, 4) is 28.7 Å². The van der Waals surface area contributed by atoms with Gasteiger partial charge >= 0.3 is 0 Å². The molecule has 216 valence electrons. The van der Waals surface area contributed by atoms with Gasteiger partial charge < -0.3 is 14.8 Å². The molecule has 4 aromatic rings. The van der Waals surface area contributed by atoms with Crippen molar-refractivity contribution in [2.24, 2.45) is 0 Å². The Morgan fingerprint density at radius 2 is 1.69 bits per heavy atom. The van der Waals surface area contributed by atoms with E-state index in [0.717, 1.165) is 48.2 Å². The number of hydroxylamine groups is 1. The van der Waals surface area contributed by atoms with Gasteiger partial charge in [0.15, 0.2) is 0 Å². The zero-order valence-corrected chi connectivity index (χ0v) is 23.9. The van der Waals surface area contributed by atoms with Crippen LogP contribution >= 0.6 is 0 Å². The number of nitrogens with zero attached hydrogens (tertiary/aromatic N) is 1. The number of hydrogen-bond donors (Lipinski definition) is 3. The van der Waals surface area contributed by atoms with E-state index in [1.165, 1.54) is 16.7 Å². The smallest absolute Gasteiger partial charge is 0.243 e. The molecule has 4 aromatic carbocycles. The van der Waals surface area contributed by atoms with Crippen molar-refractivity contribution in [3.05, 3.63) is 119 Å². The number of benzene rings is 4. The number of amides is 1. The predicted octanol–water partition coefficient (Wildman–Crippen LogP) is 6.85. The lowest BCUT2D eigenvalue weighted by Crippen LogP contribution is -2.18. The number of carbonyl (C=O) groups is 1. The van der Waals surface area contributed by atoms with Gasteiger partial charge in [0.2, 0.25) is 5.91 Å². The fourth-order valence-electron chi connectivity index (χ4n) is 4.72. The standard InChI is InChI=1S/C35H37N3O4/c1-26-31(14-9-15-33(26)29-12-4-2-5-13-29)25-41-32-18-17-30(23-37-19-7-3-6-16-35(39)38-40)34(21-32)42-24-28-11-8-10-27(20-28)22-36/h2,4-5,8-15,17-18,20-21,37,40H,3,6-7,16,19,23-25H2,1H3,(H,38,39). The van der Waals surface area contributed by atoms with E-state index in [-0.39, 0.29) is 5.91 Å². The summed E-state index contributed by atoms with van der Waals surface area (Å²) >= 11 is 0. The topological polar surface area (TPSA) is 104 Å². The fraction of sp³-hybridized carbons (Fsp3) is 0.257. The van der Waals surface area contributed by atoms with Gasteiger partial charge in [-0.15, -0.1) is 0 Å². The molecule has 42 heavy (non-hydrogen) atoms. The molecule has 0 atom stereocenters. The molecule has 0 bridgehead atoms. The van der Waals surface area contributed by atoms with Crippen LogP contribution in [0, 0.1) is 18.3 Å². The van der Waals surface area contributed by atoms with Gasteiger partial charge in [-0.1, -0.05) is 73.2 Å². The van der Waals surface area contributed by atoms with E-state index in [9.17, 15) is 10.1 Å². The SMILES string of the molecule is Cc1c(COc2ccc(CNCCCCCC(=O)NO)c(OCc3cccc(C#N)c3)c2)cccc1-c1ccccc1. The number of carbonyl (C=O) groups excluding carboxylic acids is 1. The van der Waals surface area contributed by atoms with Crippen LogP contribution in [0.5, 0.6) is 11.5 Å². The van der Waals surface area contributed by atoms with Crippen LogP contribution in [0.3, 0.4) is 0 Å². The third-order valence-electron chi connectivity index (χ3n) is 7.11. The zero-order chi connectivity index (χ0) is 29.6. The van der Waals surface area contributed by atoms with E-state index in [1.54, 1.807) is 11.5 Å². The molecule has 4 rings (SSSR count). The average molecular weight is 564 g/mol. The molecule has 0 aromatic heterocycles. The summed E-state index contributed by atoms with van der Waals surface area (Å²) in [5.74, 6) is 1.08. The summed E-state index contributed by atoms with van der Waals surface area (Å²) < 4.78 is 12.5. The Morgan fingerprint density at radius 1 is 0.857 bits per heavy atom. The van der Waals surface area contributed by atoms with Crippen LogP contribution in [-0.2, 0) is 24.6 Å². The van der Waals surface area contributed by atoms with Crippen molar-refractivity contribution in [1.82, 2.24) is 10.8 Å². The van der Waals surface area contributed by atoms with Crippen molar-refractivity contribution in [1.29, 1.82) is 5.26 Å². The highest BCUT2D eigenvalue weighted by molar-refractivity contribution is 5.74. The average Bonchev–Trinajstić information content (AvgIpc) is 3.03. The number of hydrogen-bond acceptors (Lipinski definition) is 6. The van der Waals surface area contributed by atoms with Gasteiger partial charge in [0.05, 0.1) is 11.6 Å². The third kappa shape index (κ3) is 8.93. The minimum atomic E-state index is -0.355. The van der Waals surface area contributed by atoms with Crippen molar-refractivity contribution in [2.45, 2.75) is 52.4 Å². The molecule has 0 heterocycles. The van der Waals surface area contributed by atoms with Crippen molar-refractivity contribution in [3.63, 3.8) is 0 Å². The Kier molecular flexibility index (Phi) is 11.5. The second-order valence-corrected chi connectivity index (χ2v) is 10.1. The molecule has 0 fully saturated rings. The van der Waals surface area contributed by atoms with Gasteiger partial charge in [-0.05, 0) is 72.3 Å². The highest BCUT2D eigenvalue weighted by Crippen LogP contribution is 2.29. The first-order chi connectivity index (χ1) is 20.6. The van der Waals surface area contributed by atoms with E-state index in [0.29, 0.717) is 37.5 Å². The molecule has 0 aliphatic carbocycles. The molecule has 1 amide bonds. The maximum absolute atomic E-state index is 11.2. The summed E-state index contributed by atoms with van der Waals surface area (Å²) in [7, 11) is 0. The number of nitriles is 1. The second kappa shape index (κ2) is 16.0. The first kappa shape index (κ1) is 30.3. The van der Waals surface area contributed by atoms with Gasteiger partial charge in [-0.2, -0.15) is 5.26 Å². The van der Waals surface area contributed by atoms with E-state index < -0.39 is 0 Å². The Labute approximate surface area is 247 Å². The van der Waals surface area contributed by atoms with Crippen molar-refractivity contribution >= 4 is 5.91 Å². The minimum absolute atomic E-state index is 0.318. The molecule has 0 aliphatic heterocycles. The lowest BCUT2D eigenvalue weighted by Gasteiger charge is -2.16. The van der Waals surface area contributed by atoms with Crippen molar-refractivity contribution < 1.29 is 19.5 Å². The Balaban J connectivity index is 1.42. The minimum Gasteiger partial charge on any atom is -0.489 e. The van der Waals surface area contributed by atoms with E-state index in [4.69, 9.17) is 14.7 Å². The highest BCUT2D eigenvalue weighted by Gasteiger charge is 2.10. The normalized spacial score (nSPS) is 10.6. The summed E-state index contributed by atoms with van der Waals surface area (Å²) in [6.07, 6.45) is 2.85. The largest absolute Gasteiger partial charge is 0.489 e. The lowest BCUT2D eigenvalue weighted by molar-refractivity contribution is -0.129. The first-order valence-electron chi connectivity index (χ1n) is 14.2. The molecule has 0 aliphatic rings. The van der Waals surface area contributed by atoms with Gasteiger partial charge in [0.25, 0.3) is 0 Å². The second-order valence-electron chi connectivity index (χ2n) is 10.1. The van der Waals surface area contributed by atoms with Gasteiger partial charge in [0, 0.05) is 24.6 Å². The van der Waals surface area contributed by atoms with E-state index in [2.05, 4.69) is 48.6 Å². The summed E-state index contributed by atoms with van der Waals surface area (Å²) in [4.78, 5) is 11.2. The molecular weight excluding hydrogens is 526 g/mol. The number of ether oxygens (including phenoxy) is 2. The number of rotatable bonds is 15. The molecule has 3 N–H and O–H groups in total. The lowest BCUT2D eigenvalue weighted by atomic mass is 9.97. The Morgan fingerprint density at radius 3 is 2.50 bits per heavy atom. The van der Waals surface area contributed by atoms with Crippen LogP contribution in [0.25, 0.3) is 11.1 Å². The molecule has 0 radical (unpaired) electrons. The van der Waals surface area contributed by atoms with Crippen LogP contribution in [0.4, 0.5) is 0 Å². The molecule has 0 saturated heterocycles. The number of unbranched alkanes of at least 4 members (excludes halogenated alkanes) is 2. The van der Waals surface area contributed by atoms with Crippen LogP contribution in [0.1, 0.15) is 53.5 Å². The monoisotopic (exact) mass is 563 g/mol. The van der Waals surface area contributed by atoms with Gasteiger partial charge in [-0.3, -0.25) is 10.0 Å². The third-order valence-corrected chi connectivity index (χ3v) is 7.11. The summed E-state index contributed by atoms with van der Waals surface area (Å²) in [6, 6.07) is 32.1. The maximum atomic E-state index is 11.2. The van der Waals surface area contributed by atoms with Gasteiger partial charge in [0.1, 0.15) is 24.7 Å². The van der Waals surface area contributed by atoms with E-state index in [1.807, 2.05) is 54.6 Å². The molecule has 0 saturated carbocycles. The quantitative estimate of drug-likeness (QED) is 0.0831. The molecule has 0 spiro atoms. The molecular formula is C35H37N3O4. The molecule has 7 heteroatoms. The Bertz CT molecular complexity index is 1500. The highest BCUT2D eigenvalue weighted by atomic mass is 16.5. The van der Waals surface area contributed by atoms with Crippen LogP contribution in [0.15, 0.2) is 91.0 Å². The number of nitrogens with one attached hydrogen (secondary N) is 2. The summed E-state index contributed by atoms with van der Waals surface area (Å²) in [5.41, 5.74) is 8.86. The molecule has 7 nitrogen and oxygen atoms in total. The van der Waals surface area contributed by atoms with Crippen LogP contribution < -0.4 is 20.3 Å². The van der Waals surface area contributed by atoms with E-state index >= 15 is 0 Å². The summed E-state index contributed by atoms with van der Waals surface area (Å²) in [6.45, 7) is 4.29. The fourth-order valence-corrected chi connectivity index (χ4v) is 4.72. The first-order valence-corrected chi connectivity index (χ1v) is 14.2. The van der Waals surface area contributed by atoms with Crippen LogP contribution in [0.2, 0.25) is 0 Å².